The van der Waals surface area contributed by atoms with E-state index < -0.39 is 23.8 Å². The highest BCUT2D eigenvalue weighted by molar-refractivity contribution is 14.1. The molecule has 146 heavy (non-hydrogen) atoms. The molecular formula is C114H112BrIN16O14. The fraction of sp³-hybridized carbons (Fsp3) is 0.202. The van der Waals surface area contributed by atoms with Crippen LogP contribution in [0.2, 0.25) is 0 Å². The molecule has 11 heterocycles. The standard InChI is InChI=1S/C20H22N2O3.C19H20N2O4.C19H18N2O3.C17H15BrN2O.C17H16N2O2.C16H16N2O.C6H5IN4/c1-5-16-19(15(4)11-12-21-16)20(24)22(13-18(23)25-6-2)17-10-8-7-9-14(17)3;1-4-25-17(23)11-21(16-8-6-5-7-13(16)2)19(24)18-14(3)9-10-20-15(18)12-22;1-4-24-19(23)16-11-14-17(13(3)9-10-20-14)18(22)21(16)15-8-6-5-7-12(15)2;1-11-5-3-4-6-15(11)20-13(10-18)9-14-16(17(20)21)12(2)7-8-19-14;1-11-5-3-4-6-15(11)19-13(10-20)9-14-16(17(19)21)12(2)7-8-18-14;1-4-13-15(12(3)9-10-17-13)16(19)18-14-8-6-5-7-11(14)2;7-5-4-3(1-9-5)10-2-11-6(4)8/h5,7-12H,1,6,13H2,2-4H3;5-10,12H,4,11H2,1-3H3;5-11H,4H2,1-3H3;3-9H,10H2,1-2H3;3-9,20H,10H2,1-2H3;4-10H,1H2,2-3H3,(H,18,19);2H,1H2,(H2,8,10,11). The van der Waals surface area contributed by atoms with Crippen LogP contribution < -0.4 is 37.5 Å². The number of carbonyl (C=O) groups excluding carboxylic acids is 7. The van der Waals surface area contributed by atoms with Crippen molar-refractivity contribution in [1.29, 1.82) is 0 Å². The van der Waals surface area contributed by atoms with Gasteiger partial charge < -0.3 is 30.4 Å². The second-order valence-corrected chi connectivity index (χ2v) is 35.0. The smallest absolute Gasteiger partial charge is 0.355 e. The van der Waals surface area contributed by atoms with Crippen LogP contribution in [0, 0.1) is 83.1 Å². The lowest BCUT2D eigenvalue weighted by Crippen LogP contribution is -2.38. The van der Waals surface area contributed by atoms with Gasteiger partial charge in [0.25, 0.3) is 34.4 Å². The molecular weight excluding hydrogens is 2020 g/mol. The second-order valence-electron chi connectivity index (χ2n) is 33.4. The molecule has 0 saturated heterocycles. The molecule has 4 N–H and O–H groups in total. The molecule has 16 aromatic rings. The molecule has 746 valence electrons. The highest BCUT2D eigenvalue weighted by atomic mass is 127. The number of nitrogens with two attached hydrogens (primary N) is 1. The molecule has 0 atom stereocenters. The lowest BCUT2D eigenvalue weighted by Gasteiger charge is -2.25. The number of aldehydes is 1. The number of para-hydroxylation sites is 6. The fourth-order valence-corrected chi connectivity index (χ4v) is 17.3. The third kappa shape index (κ3) is 26.1. The molecule has 17 rings (SSSR count). The number of benzene rings is 6. The lowest BCUT2D eigenvalue weighted by atomic mass is 10.0. The van der Waals surface area contributed by atoms with Crippen LogP contribution in [0.4, 0.5) is 22.9 Å². The van der Waals surface area contributed by atoms with E-state index in [0.29, 0.717) is 102 Å². The third-order valence-electron chi connectivity index (χ3n) is 23.5. The first-order chi connectivity index (χ1) is 70.2. The zero-order valence-corrected chi connectivity index (χ0v) is 87.5. The Morgan fingerprint density at radius 1 is 0.445 bits per heavy atom. The molecule has 10 aromatic heterocycles. The van der Waals surface area contributed by atoms with E-state index >= 15 is 0 Å². The SMILES string of the molecule is C=Cc1nccc(C)c1C(=O)N(CC(=O)OCC)c1ccccc1C.C=Cc1nccc(C)c1C(=O)Nc1ccccc1C.CCOC(=O)CN(C(=O)c1c(C)ccnc1C=O)c1ccccc1C.CCOC(=O)c1cc2nccc(C)c2c(=O)n1-c1ccccc1C.Cc1ccccc1-n1c(CBr)cc2nccc(C)c2c1=O.Cc1ccccc1-n1c(CO)cc2nccc(C)c2c1=O.Nc1ncnc2c1C(I)=NC2. The third-order valence-corrected chi connectivity index (χ3v) is 24.9. The number of amides is 3. The number of nitrogens with one attached hydrogen (secondary N) is 1. The number of hydrogen-bond acceptors (Lipinski definition) is 24. The van der Waals surface area contributed by atoms with E-state index in [2.05, 4.69) is 102 Å². The Morgan fingerprint density at radius 3 is 1.23 bits per heavy atom. The topological polar surface area (TPSA) is 393 Å². The van der Waals surface area contributed by atoms with Crippen molar-refractivity contribution >= 4 is 152 Å². The molecule has 1 aliphatic heterocycles. The molecule has 0 unspecified atom stereocenters. The minimum Gasteiger partial charge on any atom is -0.465 e. The number of aliphatic imine (C=N–C) groups is 1. The van der Waals surface area contributed by atoms with Gasteiger partial charge in [-0.05, 0) is 296 Å². The number of aromatic nitrogens is 11. The molecule has 1 aliphatic rings. The molecule has 0 saturated carbocycles. The van der Waals surface area contributed by atoms with Gasteiger partial charge in [0.1, 0.15) is 40.3 Å². The Labute approximate surface area is 867 Å². The number of aryl methyl sites for hydroxylation is 12. The monoisotopic (exact) mass is 2130 g/mol. The number of rotatable bonds is 22. The number of nitrogen functional groups attached to an aromatic ring is 1. The quantitative estimate of drug-likeness (QED) is 0.0186. The summed E-state index contributed by atoms with van der Waals surface area (Å²) in [4.78, 5) is 166. The van der Waals surface area contributed by atoms with Crippen LogP contribution in [0.25, 0.3) is 61.9 Å². The van der Waals surface area contributed by atoms with Gasteiger partial charge in [-0.3, -0.25) is 102 Å². The number of alkyl halides is 1. The first-order valence-electron chi connectivity index (χ1n) is 46.5. The van der Waals surface area contributed by atoms with Gasteiger partial charge in [-0.2, -0.15) is 0 Å². The van der Waals surface area contributed by atoms with Gasteiger partial charge >= 0.3 is 17.9 Å². The maximum atomic E-state index is 13.3. The summed E-state index contributed by atoms with van der Waals surface area (Å²) in [6.07, 6.45) is 15.0. The van der Waals surface area contributed by atoms with Gasteiger partial charge in [0.15, 0.2) is 6.29 Å². The van der Waals surface area contributed by atoms with Crippen LogP contribution in [0.1, 0.15) is 174 Å². The lowest BCUT2D eigenvalue weighted by molar-refractivity contribution is -0.142. The molecule has 6 aromatic carbocycles. The molecule has 0 radical (unpaired) electrons. The van der Waals surface area contributed by atoms with E-state index in [-0.39, 0.29) is 85.0 Å². The molecule has 0 aliphatic carbocycles. The molecule has 3 amide bonds. The Morgan fingerprint density at radius 2 is 0.815 bits per heavy atom. The van der Waals surface area contributed by atoms with Crippen LogP contribution in [-0.2, 0) is 42.3 Å². The summed E-state index contributed by atoms with van der Waals surface area (Å²) in [7, 11) is 0. The Bertz CT molecular complexity index is 7570. The number of esters is 3. The zero-order chi connectivity index (χ0) is 106. The van der Waals surface area contributed by atoms with Crippen molar-refractivity contribution in [2.24, 2.45) is 4.99 Å². The van der Waals surface area contributed by atoms with E-state index in [1.165, 1.54) is 26.9 Å². The van der Waals surface area contributed by atoms with Crippen LogP contribution in [0.5, 0.6) is 0 Å². The van der Waals surface area contributed by atoms with Crippen LogP contribution in [0.3, 0.4) is 0 Å². The van der Waals surface area contributed by atoms with Crippen LogP contribution >= 0.6 is 38.5 Å². The molecule has 32 heteroatoms. The number of fused-ring (bicyclic) bond motifs is 4. The average molecular weight is 2140 g/mol. The van der Waals surface area contributed by atoms with Crippen LogP contribution in [-0.4, -0.2) is 137 Å². The summed E-state index contributed by atoms with van der Waals surface area (Å²) in [5, 5.41) is 14.9. The number of anilines is 4. The van der Waals surface area contributed by atoms with Crippen molar-refractivity contribution in [3.63, 3.8) is 0 Å². The number of ether oxygens (including phenoxy) is 3. The minimum atomic E-state index is -0.539. The summed E-state index contributed by atoms with van der Waals surface area (Å²) >= 11 is 5.62. The second kappa shape index (κ2) is 52.0. The normalized spacial score (nSPS) is 10.8. The maximum Gasteiger partial charge on any atom is 0.355 e. The predicted octanol–water partition coefficient (Wildman–Crippen LogP) is 20.2. The van der Waals surface area contributed by atoms with E-state index in [1.54, 1.807) is 122 Å². The van der Waals surface area contributed by atoms with E-state index in [0.717, 1.165) is 104 Å². The average Bonchev–Trinajstić information content (AvgIpc) is 0.982. The van der Waals surface area contributed by atoms with Gasteiger partial charge in [0.2, 0.25) is 0 Å². The van der Waals surface area contributed by atoms with Gasteiger partial charge in [0, 0.05) is 65.3 Å². The van der Waals surface area contributed by atoms with Crippen molar-refractivity contribution in [3.8, 4) is 17.1 Å². The number of aliphatic hydroxyl groups excluding tert-OH is 1. The Kier molecular flexibility index (Phi) is 39.1. The van der Waals surface area contributed by atoms with Crippen LogP contribution in [0.15, 0.2) is 276 Å². The van der Waals surface area contributed by atoms with E-state index in [4.69, 9.17) is 19.9 Å². The first-order valence-corrected chi connectivity index (χ1v) is 48.7. The Hall–Kier alpha value is -16.5. The highest BCUT2D eigenvalue weighted by Gasteiger charge is 2.30. The minimum absolute atomic E-state index is 0.0122. The number of hydrogen-bond donors (Lipinski definition) is 3. The zero-order valence-electron chi connectivity index (χ0n) is 83.7. The van der Waals surface area contributed by atoms with Gasteiger partial charge in [-0.25, -0.2) is 14.8 Å². The van der Waals surface area contributed by atoms with E-state index in [9.17, 15) is 53.1 Å². The number of halogens is 2. The highest BCUT2D eigenvalue weighted by Crippen LogP contribution is 2.31. The predicted molar refractivity (Wildman–Crippen MR) is 586 cm³/mol. The maximum absolute atomic E-state index is 13.3. The number of aliphatic hydroxyl groups is 1. The van der Waals surface area contributed by atoms with Crippen molar-refractivity contribution in [3.05, 3.63) is 417 Å². The largest absolute Gasteiger partial charge is 0.465 e. The summed E-state index contributed by atoms with van der Waals surface area (Å²) in [6, 6.07) is 61.4. The first kappa shape index (κ1) is 110. The molecule has 0 bridgehead atoms. The van der Waals surface area contributed by atoms with Crippen molar-refractivity contribution in [1.82, 2.24) is 53.6 Å². The van der Waals surface area contributed by atoms with E-state index in [1.807, 2.05) is 234 Å². The summed E-state index contributed by atoms with van der Waals surface area (Å²) in [5.41, 5.74) is 27.9. The summed E-state index contributed by atoms with van der Waals surface area (Å²) in [6.45, 7) is 36.0. The number of carbonyl (C=O) groups is 7. The van der Waals surface area contributed by atoms with Crippen molar-refractivity contribution in [2.75, 3.05) is 53.8 Å². The molecule has 30 nitrogen and oxygen atoms in total. The Balaban J connectivity index is 0.000000163. The van der Waals surface area contributed by atoms with Gasteiger partial charge in [-0.1, -0.05) is 138 Å². The number of nitrogens with zero attached hydrogens (tertiary/aromatic N) is 14. The van der Waals surface area contributed by atoms with Gasteiger partial charge in [0.05, 0.1) is 128 Å². The van der Waals surface area contributed by atoms with Crippen molar-refractivity contribution < 1.29 is 52.9 Å². The van der Waals surface area contributed by atoms with Crippen molar-refractivity contribution in [2.45, 2.75) is 122 Å². The fourth-order valence-electron chi connectivity index (χ4n) is 16.1. The summed E-state index contributed by atoms with van der Waals surface area (Å²) in [5.74, 6) is -1.91. The summed E-state index contributed by atoms with van der Waals surface area (Å²) < 4.78 is 20.9. The molecule has 0 spiro atoms. The van der Waals surface area contributed by atoms with Gasteiger partial charge in [-0.15, -0.1) is 0 Å². The number of pyridine rings is 9. The molecule has 0 fully saturated rings.